The van der Waals surface area contributed by atoms with E-state index in [2.05, 4.69) is 49.7 Å². The molecule has 0 saturated carbocycles. The van der Waals surface area contributed by atoms with E-state index < -0.39 is 0 Å². The summed E-state index contributed by atoms with van der Waals surface area (Å²) < 4.78 is 0. The highest BCUT2D eigenvalue weighted by Gasteiger charge is 2.28. The zero-order valence-electron chi connectivity index (χ0n) is 13.5. The number of hydrogen-bond donors (Lipinski definition) is 1. The van der Waals surface area contributed by atoms with Gasteiger partial charge in [-0.25, -0.2) is 0 Å². The molecule has 1 N–H and O–H groups in total. The second kappa shape index (κ2) is 9.25. The summed E-state index contributed by atoms with van der Waals surface area (Å²) in [4.78, 5) is 2.72. The first-order chi connectivity index (χ1) is 9.13. The van der Waals surface area contributed by atoms with Crippen LogP contribution in [0.2, 0.25) is 0 Å². The highest BCUT2D eigenvalue weighted by Crippen LogP contribution is 2.28. The largest absolute Gasteiger partial charge is 0.316 e. The molecular weight excluding hydrogens is 252 g/mol. The Bertz CT molecular complexity index is 235. The van der Waals surface area contributed by atoms with Crippen LogP contribution < -0.4 is 5.32 Å². The van der Waals surface area contributed by atoms with Crippen LogP contribution in [0.1, 0.15) is 53.4 Å². The molecule has 0 bridgehead atoms. The number of rotatable bonds is 9. The van der Waals surface area contributed by atoms with Crippen molar-refractivity contribution in [3.63, 3.8) is 0 Å². The molecule has 0 aromatic carbocycles. The molecule has 3 heteroatoms. The van der Waals surface area contributed by atoms with E-state index in [1.54, 1.807) is 0 Å². The summed E-state index contributed by atoms with van der Waals surface area (Å²) in [6.07, 6.45) is 5.19. The minimum atomic E-state index is 0.449. The van der Waals surface area contributed by atoms with Gasteiger partial charge in [-0.1, -0.05) is 34.1 Å². The van der Waals surface area contributed by atoms with Crippen LogP contribution in [-0.2, 0) is 0 Å². The maximum absolute atomic E-state index is 3.64. The molecule has 0 aliphatic carbocycles. The second-order valence-electron chi connectivity index (χ2n) is 6.37. The predicted molar refractivity (Wildman–Crippen MR) is 89.2 cm³/mol. The first-order valence-corrected chi connectivity index (χ1v) is 9.23. The molecule has 0 aromatic rings. The zero-order valence-corrected chi connectivity index (χ0v) is 14.3. The molecule has 1 rings (SSSR count). The first kappa shape index (κ1) is 17.3. The van der Waals surface area contributed by atoms with Gasteiger partial charge in [0, 0.05) is 37.2 Å². The fraction of sp³-hybridized carbons (Fsp3) is 1.00. The maximum atomic E-state index is 3.64. The molecule has 1 saturated heterocycles. The third-order valence-corrected chi connectivity index (χ3v) is 5.49. The van der Waals surface area contributed by atoms with E-state index in [1.807, 2.05) is 0 Å². The average Bonchev–Trinajstić information content (AvgIpc) is 2.39. The molecule has 0 amide bonds. The Morgan fingerprint density at radius 2 is 2.05 bits per heavy atom. The monoisotopic (exact) mass is 286 g/mol. The van der Waals surface area contributed by atoms with Gasteiger partial charge in [0.15, 0.2) is 0 Å². The Kier molecular flexibility index (Phi) is 8.43. The summed E-state index contributed by atoms with van der Waals surface area (Å²) in [7, 11) is 0. The van der Waals surface area contributed by atoms with E-state index in [4.69, 9.17) is 0 Å². The fourth-order valence-corrected chi connectivity index (χ4v) is 4.35. The molecule has 2 nitrogen and oxygen atoms in total. The van der Waals surface area contributed by atoms with Crippen LogP contribution in [0.3, 0.4) is 0 Å². The van der Waals surface area contributed by atoms with Gasteiger partial charge in [-0.2, -0.15) is 11.8 Å². The van der Waals surface area contributed by atoms with Gasteiger partial charge >= 0.3 is 0 Å². The summed E-state index contributed by atoms with van der Waals surface area (Å²) in [5.74, 6) is 1.32. The summed E-state index contributed by atoms with van der Waals surface area (Å²) in [5, 5.41) is 4.51. The van der Waals surface area contributed by atoms with Crippen LogP contribution in [0.4, 0.5) is 0 Å². The van der Waals surface area contributed by atoms with Gasteiger partial charge in [-0.15, -0.1) is 0 Å². The van der Waals surface area contributed by atoms with Crippen molar-refractivity contribution in [1.82, 2.24) is 10.2 Å². The molecule has 0 radical (unpaired) electrons. The Hall–Kier alpha value is 0.270. The summed E-state index contributed by atoms with van der Waals surface area (Å²) in [6.45, 7) is 15.6. The van der Waals surface area contributed by atoms with Crippen LogP contribution in [0.25, 0.3) is 0 Å². The molecule has 0 aromatic heterocycles. The number of nitrogens with zero attached hydrogens (tertiary/aromatic N) is 1. The molecule has 114 valence electrons. The van der Waals surface area contributed by atoms with Gasteiger partial charge < -0.3 is 10.2 Å². The lowest BCUT2D eigenvalue weighted by molar-refractivity contribution is 0.152. The van der Waals surface area contributed by atoms with Crippen LogP contribution in [0, 0.1) is 5.41 Å². The van der Waals surface area contributed by atoms with Crippen molar-refractivity contribution in [1.29, 1.82) is 0 Å². The quantitative estimate of drug-likeness (QED) is 0.652. The van der Waals surface area contributed by atoms with Gasteiger partial charge in [0.1, 0.15) is 0 Å². The summed E-state index contributed by atoms with van der Waals surface area (Å²) in [5.41, 5.74) is 0.449. The van der Waals surface area contributed by atoms with Gasteiger partial charge in [0.2, 0.25) is 0 Å². The van der Waals surface area contributed by atoms with Crippen molar-refractivity contribution in [3.05, 3.63) is 0 Å². The van der Waals surface area contributed by atoms with Crippen molar-refractivity contribution in [2.45, 2.75) is 58.6 Å². The third kappa shape index (κ3) is 6.50. The molecule has 19 heavy (non-hydrogen) atoms. The predicted octanol–water partition coefficient (Wildman–Crippen LogP) is 3.62. The van der Waals surface area contributed by atoms with Gasteiger partial charge in [0.05, 0.1) is 0 Å². The van der Waals surface area contributed by atoms with Gasteiger partial charge in [0.25, 0.3) is 0 Å². The molecule has 1 heterocycles. The minimum absolute atomic E-state index is 0.449. The van der Waals surface area contributed by atoms with Crippen molar-refractivity contribution >= 4 is 11.8 Å². The Morgan fingerprint density at radius 1 is 1.26 bits per heavy atom. The van der Waals surface area contributed by atoms with Crippen LogP contribution >= 0.6 is 11.8 Å². The van der Waals surface area contributed by atoms with Crippen LogP contribution in [0.5, 0.6) is 0 Å². The van der Waals surface area contributed by atoms with E-state index in [-0.39, 0.29) is 0 Å². The lowest BCUT2D eigenvalue weighted by atomic mass is 9.84. The molecule has 2 unspecified atom stereocenters. The highest BCUT2D eigenvalue weighted by atomic mass is 32.2. The molecule has 1 aliphatic rings. The fourth-order valence-electron chi connectivity index (χ4n) is 3.10. The smallest absolute Gasteiger partial charge is 0.0172 e. The number of hydrogen-bond acceptors (Lipinski definition) is 3. The Labute approximate surface area is 125 Å². The van der Waals surface area contributed by atoms with Crippen molar-refractivity contribution < 1.29 is 0 Å². The van der Waals surface area contributed by atoms with Crippen LogP contribution in [0.15, 0.2) is 0 Å². The van der Waals surface area contributed by atoms with Gasteiger partial charge in [-0.3, -0.25) is 0 Å². The molecule has 1 fully saturated rings. The summed E-state index contributed by atoms with van der Waals surface area (Å²) >= 11 is 2.17. The van der Waals surface area contributed by atoms with Crippen molar-refractivity contribution in [3.8, 4) is 0 Å². The van der Waals surface area contributed by atoms with E-state index in [1.165, 1.54) is 57.6 Å². The standard InChI is InChI=1S/C16H34N2S/c1-5-8-16(4,13-17-9-6-2)14-18-10-11-19-15(7-3)12-18/h15,17H,5-14H2,1-4H3. The van der Waals surface area contributed by atoms with E-state index in [9.17, 15) is 0 Å². The number of nitrogens with one attached hydrogen (secondary N) is 1. The van der Waals surface area contributed by atoms with Crippen molar-refractivity contribution in [2.75, 3.05) is 38.5 Å². The van der Waals surface area contributed by atoms with Crippen LogP contribution in [-0.4, -0.2) is 48.6 Å². The molecule has 2 atom stereocenters. The zero-order chi connectivity index (χ0) is 14.1. The SMILES string of the molecule is CCCNCC(C)(CCC)CN1CCSC(CC)C1. The van der Waals surface area contributed by atoms with E-state index in [0.29, 0.717) is 5.41 Å². The lowest BCUT2D eigenvalue weighted by Gasteiger charge is -2.39. The average molecular weight is 287 g/mol. The highest BCUT2D eigenvalue weighted by molar-refractivity contribution is 8.00. The second-order valence-corrected chi connectivity index (χ2v) is 7.78. The first-order valence-electron chi connectivity index (χ1n) is 8.18. The number of thioether (sulfide) groups is 1. The third-order valence-electron chi connectivity index (χ3n) is 4.12. The van der Waals surface area contributed by atoms with E-state index in [0.717, 1.165) is 11.8 Å². The summed E-state index contributed by atoms with van der Waals surface area (Å²) in [6, 6.07) is 0. The maximum Gasteiger partial charge on any atom is 0.0172 e. The molecule has 1 aliphatic heterocycles. The Morgan fingerprint density at radius 3 is 2.68 bits per heavy atom. The molecule has 0 spiro atoms. The Balaban J connectivity index is 2.46. The van der Waals surface area contributed by atoms with Gasteiger partial charge in [-0.05, 0) is 31.2 Å². The van der Waals surface area contributed by atoms with E-state index >= 15 is 0 Å². The molecular formula is C16H34N2S. The topological polar surface area (TPSA) is 15.3 Å². The normalized spacial score (nSPS) is 24.3. The lowest BCUT2D eigenvalue weighted by Crippen LogP contribution is -2.47. The van der Waals surface area contributed by atoms with Crippen molar-refractivity contribution in [2.24, 2.45) is 5.41 Å². The minimum Gasteiger partial charge on any atom is -0.316 e.